The molecule has 1 aromatic heterocycles. The summed E-state index contributed by atoms with van der Waals surface area (Å²) in [5.74, 6) is -0.769. The van der Waals surface area contributed by atoms with Crippen molar-refractivity contribution in [2.75, 3.05) is 12.4 Å². The minimum Gasteiger partial charge on any atom is -0.496 e. The molecule has 0 unspecified atom stereocenters. The molecule has 0 radical (unpaired) electrons. The van der Waals surface area contributed by atoms with E-state index >= 15 is 0 Å². The van der Waals surface area contributed by atoms with Crippen molar-refractivity contribution in [3.63, 3.8) is 0 Å². The van der Waals surface area contributed by atoms with Crippen LogP contribution in [0.3, 0.4) is 0 Å². The number of anilines is 2. The molecule has 0 aliphatic carbocycles. The Hall–Kier alpha value is -4.80. The van der Waals surface area contributed by atoms with Crippen LogP contribution in [0.15, 0.2) is 89.2 Å². The average molecular weight is 493 g/mol. The van der Waals surface area contributed by atoms with E-state index in [1.807, 2.05) is 0 Å². The molecule has 8 nitrogen and oxygen atoms in total. The molecule has 0 saturated heterocycles. The molecule has 0 spiro atoms. The second-order valence-electron chi connectivity index (χ2n) is 7.37. The van der Waals surface area contributed by atoms with Crippen LogP contribution in [0.1, 0.15) is 15.9 Å². The average Bonchev–Trinajstić information content (AvgIpc) is 2.87. The van der Waals surface area contributed by atoms with Crippen LogP contribution in [0.4, 0.5) is 36.2 Å². The molecule has 0 atom stereocenters. The molecule has 0 fully saturated rings. The van der Waals surface area contributed by atoms with Gasteiger partial charge >= 0.3 is 12.1 Å². The third kappa shape index (κ3) is 5.63. The van der Waals surface area contributed by atoms with Gasteiger partial charge in [0.2, 0.25) is 5.95 Å². The Bertz CT molecular complexity index is 1420. The first-order valence-electron chi connectivity index (χ1n) is 10.4. The number of hydrogen-bond acceptors (Lipinski definition) is 7. The number of methoxy groups -OCH3 is 1. The number of aromatic nitrogens is 2. The summed E-state index contributed by atoms with van der Waals surface area (Å²) in [5.41, 5.74) is 1.48. The predicted molar refractivity (Wildman–Crippen MR) is 126 cm³/mol. The number of ether oxygens (including phenoxy) is 1. The first kappa shape index (κ1) is 24.3. The predicted octanol–water partition coefficient (Wildman–Crippen LogP) is 7.03. The van der Waals surface area contributed by atoms with Gasteiger partial charge in [-0.25, -0.2) is 14.8 Å². The maximum atomic E-state index is 12.8. The van der Waals surface area contributed by atoms with Crippen molar-refractivity contribution in [2.45, 2.75) is 6.18 Å². The number of nitrogens with one attached hydrogen (secondary N) is 1. The number of nitrogens with zero attached hydrogens (tertiary/aromatic N) is 4. The van der Waals surface area contributed by atoms with Crippen LogP contribution >= 0.6 is 0 Å². The van der Waals surface area contributed by atoms with Gasteiger partial charge in [0, 0.05) is 17.4 Å². The summed E-state index contributed by atoms with van der Waals surface area (Å²) in [6.07, 6.45) is -2.92. The highest BCUT2D eigenvalue weighted by molar-refractivity contribution is 5.92. The number of carboxylic acids is 1. The molecule has 4 aromatic rings. The van der Waals surface area contributed by atoms with Crippen molar-refractivity contribution >= 4 is 29.0 Å². The van der Waals surface area contributed by atoms with Crippen LogP contribution in [-0.2, 0) is 6.18 Å². The summed E-state index contributed by atoms with van der Waals surface area (Å²) >= 11 is 0. The zero-order chi connectivity index (χ0) is 25.7. The number of azo groups is 1. The minimum atomic E-state index is -4.42. The van der Waals surface area contributed by atoms with E-state index in [2.05, 4.69) is 25.5 Å². The van der Waals surface area contributed by atoms with Gasteiger partial charge in [-0.1, -0.05) is 18.2 Å². The molecular weight excluding hydrogens is 475 g/mol. The van der Waals surface area contributed by atoms with E-state index in [9.17, 15) is 23.1 Å². The first-order chi connectivity index (χ1) is 17.2. The largest absolute Gasteiger partial charge is 0.496 e. The van der Waals surface area contributed by atoms with Crippen LogP contribution < -0.4 is 10.1 Å². The number of benzene rings is 3. The number of hydrogen-bond donors (Lipinski definition) is 2. The normalized spacial score (nSPS) is 11.4. The fraction of sp³-hybridized carbons (Fsp3) is 0.0800. The van der Waals surface area contributed by atoms with E-state index in [0.29, 0.717) is 28.3 Å². The van der Waals surface area contributed by atoms with Crippen molar-refractivity contribution in [3.05, 3.63) is 90.1 Å². The standard InChI is InChI=1S/C25H18F3N5O3/c1-36-22-11-10-17(14-19(22)23(34)35)32-33-21-5-3-2-4-18(21)20-12-13-29-24(31-20)30-16-8-6-15(7-9-16)25(26,27)28/h2-14H,1H3,(H,34,35)(H,29,30,31)/b33-32+. The zero-order valence-corrected chi connectivity index (χ0v) is 18.7. The Morgan fingerprint density at radius 2 is 1.75 bits per heavy atom. The smallest absolute Gasteiger partial charge is 0.416 e. The topological polar surface area (TPSA) is 109 Å². The lowest BCUT2D eigenvalue weighted by Crippen LogP contribution is -2.04. The molecule has 0 aliphatic rings. The molecule has 0 saturated carbocycles. The van der Waals surface area contributed by atoms with Gasteiger partial charge in [0.05, 0.1) is 29.7 Å². The van der Waals surface area contributed by atoms with E-state index in [-0.39, 0.29) is 17.3 Å². The maximum Gasteiger partial charge on any atom is 0.416 e. The Kier molecular flexibility index (Phi) is 6.91. The zero-order valence-electron chi connectivity index (χ0n) is 18.7. The highest BCUT2D eigenvalue weighted by Crippen LogP contribution is 2.33. The van der Waals surface area contributed by atoms with Gasteiger partial charge in [0.15, 0.2) is 0 Å². The van der Waals surface area contributed by atoms with Crippen LogP contribution in [0, 0.1) is 0 Å². The monoisotopic (exact) mass is 493 g/mol. The SMILES string of the molecule is COc1ccc(/N=N/c2ccccc2-c2ccnc(Nc3ccc(C(F)(F)F)cc3)n2)cc1C(=O)O. The molecular formula is C25H18F3N5O3. The molecule has 36 heavy (non-hydrogen) atoms. The van der Waals surface area contributed by atoms with Crippen molar-refractivity contribution in [2.24, 2.45) is 10.2 Å². The Balaban J connectivity index is 1.59. The molecule has 182 valence electrons. The Morgan fingerprint density at radius 1 is 1.00 bits per heavy atom. The van der Waals surface area contributed by atoms with Gasteiger partial charge in [0.1, 0.15) is 11.3 Å². The molecule has 0 bridgehead atoms. The summed E-state index contributed by atoms with van der Waals surface area (Å²) in [4.78, 5) is 20.0. The molecule has 0 aliphatic heterocycles. The van der Waals surface area contributed by atoms with Crippen molar-refractivity contribution in [1.82, 2.24) is 9.97 Å². The van der Waals surface area contributed by atoms with E-state index in [1.54, 1.807) is 36.4 Å². The second kappa shape index (κ2) is 10.2. The Labute approximate surface area is 203 Å². The van der Waals surface area contributed by atoms with E-state index in [1.165, 1.54) is 37.6 Å². The van der Waals surface area contributed by atoms with E-state index < -0.39 is 17.7 Å². The highest BCUT2D eigenvalue weighted by atomic mass is 19.4. The van der Waals surface area contributed by atoms with Crippen LogP contribution in [0.25, 0.3) is 11.3 Å². The van der Waals surface area contributed by atoms with Gasteiger partial charge < -0.3 is 15.2 Å². The third-order valence-corrected chi connectivity index (χ3v) is 4.99. The fourth-order valence-electron chi connectivity index (χ4n) is 3.25. The van der Waals surface area contributed by atoms with Crippen molar-refractivity contribution in [1.29, 1.82) is 0 Å². The number of halogens is 3. The highest BCUT2D eigenvalue weighted by Gasteiger charge is 2.29. The number of rotatable bonds is 7. The summed E-state index contributed by atoms with van der Waals surface area (Å²) in [6.45, 7) is 0. The molecule has 1 heterocycles. The number of aromatic carboxylic acids is 1. The molecule has 2 N–H and O–H groups in total. The van der Waals surface area contributed by atoms with Crippen molar-refractivity contribution < 1.29 is 27.8 Å². The summed E-state index contributed by atoms with van der Waals surface area (Å²) < 4.78 is 43.4. The second-order valence-corrected chi connectivity index (χ2v) is 7.37. The van der Waals surface area contributed by atoms with Crippen molar-refractivity contribution in [3.8, 4) is 17.0 Å². The third-order valence-electron chi connectivity index (χ3n) is 4.99. The number of carbonyl (C=O) groups is 1. The van der Waals surface area contributed by atoms with Crippen LogP contribution in [0.5, 0.6) is 5.75 Å². The van der Waals surface area contributed by atoms with Gasteiger partial charge in [-0.2, -0.15) is 18.3 Å². The number of carboxylic acid groups (broad SMARTS) is 1. The maximum absolute atomic E-state index is 12.8. The molecule has 4 rings (SSSR count). The molecule has 3 aromatic carbocycles. The quantitative estimate of drug-likeness (QED) is 0.268. The molecule has 0 amide bonds. The van der Waals surface area contributed by atoms with Gasteiger partial charge in [-0.3, -0.25) is 0 Å². The van der Waals surface area contributed by atoms with E-state index in [4.69, 9.17) is 4.74 Å². The van der Waals surface area contributed by atoms with Crippen LogP contribution in [0.2, 0.25) is 0 Å². The first-order valence-corrected chi connectivity index (χ1v) is 10.4. The summed E-state index contributed by atoms with van der Waals surface area (Å²) in [5, 5.41) is 20.7. The van der Waals surface area contributed by atoms with Crippen LogP contribution in [-0.4, -0.2) is 28.2 Å². The lowest BCUT2D eigenvalue weighted by atomic mass is 10.1. The minimum absolute atomic E-state index is 0.0444. The van der Waals surface area contributed by atoms with Gasteiger partial charge in [-0.15, -0.1) is 5.11 Å². The lowest BCUT2D eigenvalue weighted by Gasteiger charge is -2.10. The molecule has 11 heteroatoms. The number of alkyl halides is 3. The summed E-state index contributed by atoms with van der Waals surface area (Å²) in [6, 6.07) is 17.6. The van der Waals surface area contributed by atoms with E-state index in [0.717, 1.165) is 12.1 Å². The van der Waals surface area contributed by atoms with Gasteiger partial charge in [-0.05, 0) is 54.6 Å². The lowest BCUT2D eigenvalue weighted by molar-refractivity contribution is -0.137. The fourth-order valence-corrected chi connectivity index (χ4v) is 3.25. The summed E-state index contributed by atoms with van der Waals surface area (Å²) in [7, 11) is 1.38. The van der Waals surface area contributed by atoms with Gasteiger partial charge in [0.25, 0.3) is 0 Å². The Morgan fingerprint density at radius 3 is 2.44 bits per heavy atom.